The molecule has 0 aromatic carbocycles. The molecule has 0 saturated heterocycles. The van der Waals surface area contributed by atoms with Crippen molar-refractivity contribution < 1.29 is 4.79 Å². The zero-order valence-electron chi connectivity index (χ0n) is 8.98. The number of hydrogen-bond donors (Lipinski definition) is 0. The van der Waals surface area contributed by atoms with E-state index in [9.17, 15) is 4.79 Å². The maximum atomic E-state index is 11.7. The van der Waals surface area contributed by atoms with Gasteiger partial charge in [0.15, 0.2) is 5.78 Å². The summed E-state index contributed by atoms with van der Waals surface area (Å²) in [5, 5.41) is 4.26. The number of ketones is 1. The molecule has 0 fully saturated rings. The van der Waals surface area contributed by atoms with Crippen molar-refractivity contribution in [3.8, 4) is 0 Å². The van der Waals surface area contributed by atoms with E-state index in [0.717, 1.165) is 31.4 Å². The van der Waals surface area contributed by atoms with Crippen LogP contribution in [0.25, 0.3) is 0 Å². The van der Waals surface area contributed by atoms with Crippen LogP contribution >= 0.6 is 11.3 Å². The molecular weight excluding hydrogens is 218 g/mol. The molecule has 2 aromatic rings. The number of rotatable bonds is 2. The molecule has 1 aliphatic rings. The van der Waals surface area contributed by atoms with Crippen molar-refractivity contribution >= 4 is 17.1 Å². The van der Waals surface area contributed by atoms with Crippen molar-refractivity contribution in [2.75, 3.05) is 0 Å². The van der Waals surface area contributed by atoms with E-state index in [1.54, 1.807) is 11.3 Å². The van der Waals surface area contributed by atoms with E-state index in [2.05, 4.69) is 21.4 Å². The molecule has 1 aliphatic carbocycles. The highest BCUT2D eigenvalue weighted by Gasteiger charge is 2.20. The SMILES string of the molecule is O=C1CCCc2c1ccn2Cc1ccsc1. The highest BCUT2D eigenvalue weighted by atomic mass is 32.1. The molecule has 2 aromatic heterocycles. The molecule has 3 heteroatoms. The Morgan fingerprint density at radius 1 is 1.31 bits per heavy atom. The van der Waals surface area contributed by atoms with Gasteiger partial charge in [-0.3, -0.25) is 4.79 Å². The van der Waals surface area contributed by atoms with Crippen LogP contribution in [0.3, 0.4) is 0 Å². The fraction of sp³-hybridized carbons (Fsp3) is 0.308. The summed E-state index contributed by atoms with van der Waals surface area (Å²) < 4.78 is 2.22. The van der Waals surface area contributed by atoms with E-state index >= 15 is 0 Å². The molecule has 0 atom stereocenters. The van der Waals surface area contributed by atoms with Crippen LogP contribution in [-0.2, 0) is 13.0 Å². The topological polar surface area (TPSA) is 22.0 Å². The van der Waals surface area contributed by atoms with Crippen molar-refractivity contribution in [3.05, 3.63) is 45.9 Å². The number of nitrogens with zero attached hydrogens (tertiary/aromatic N) is 1. The minimum atomic E-state index is 0.310. The van der Waals surface area contributed by atoms with Gasteiger partial charge in [-0.1, -0.05) is 0 Å². The van der Waals surface area contributed by atoms with Crippen molar-refractivity contribution in [3.63, 3.8) is 0 Å². The Balaban J connectivity index is 1.94. The first kappa shape index (κ1) is 9.85. The van der Waals surface area contributed by atoms with E-state index < -0.39 is 0 Å². The molecule has 0 saturated carbocycles. The summed E-state index contributed by atoms with van der Waals surface area (Å²) >= 11 is 1.72. The average Bonchev–Trinajstić information content (AvgIpc) is 2.90. The van der Waals surface area contributed by atoms with Gasteiger partial charge in [0, 0.05) is 30.4 Å². The molecule has 82 valence electrons. The second kappa shape index (κ2) is 3.91. The van der Waals surface area contributed by atoms with Crippen molar-refractivity contribution in [2.45, 2.75) is 25.8 Å². The van der Waals surface area contributed by atoms with Gasteiger partial charge in [0.2, 0.25) is 0 Å². The summed E-state index contributed by atoms with van der Waals surface area (Å²) in [7, 11) is 0. The Labute approximate surface area is 98.5 Å². The first-order valence-electron chi connectivity index (χ1n) is 5.57. The molecule has 0 aliphatic heterocycles. The fourth-order valence-corrected chi connectivity index (χ4v) is 2.98. The second-order valence-electron chi connectivity index (χ2n) is 4.21. The zero-order valence-corrected chi connectivity index (χ0v) is 9.80. The number of fused-ring (bicyclic) bond motifs is 1. The first-order valence-corrected chi connectivity index (χ1v) is 6.51. The summed E-state index contributed by atoms with van der Waals surface area (Å²) in [5.41, 5.74) is 3.49. The van der Waals surface area contributed by atoms with E-state index in [4.69, 9.17) is 0 Å². The Morgan fingerprint density at radius 3 is 3.06 bits per heavy atom. The zero-order chi connectivity index (χ0) is 11.0. The maximum absolute atomic E-state index is 11.7. The minimum absolute atomic E-state index is 0.310. The average molecular weight is 231 g/mol. The molecule has 3 rings (SSSR count). The van der Waals surface area contributed by atoms with Gasteiger partial charge in [-0.15, -0.1) is 0 Å². The Kier molecular flexibility index (Phi) is 2.40. The monoisotopic (exact) mass is 231 g/mol. The van der Waals surface area contributed by atoms with Gasteiger partial charge >= 0.3 is 0 Å². The molecular formula is C13H13NOS. The predicted octanol–water partition coefficient (Wildman–Crippen LogP) is 3.12. The lowest BCUT2D eigenvalue weighted by molar-refractivity contribution is 0.0972. The number of carbonyl (C=O) groups excluding carboxylic acids is 1. The van der Waals surface area contributed by atoms with Crippen LogP contribution in [-0.4, -0.2) is 10.4 Å². The number of hydrogen-bond acceptors (Lipinski definition) is 2. The Hall–Kier alpha value is -1.35. The minimum Gasteiger partial charge on any atom is -0.346 e. The Morgan fingerprint density at radius 2 is 2.25 bits per heavy atom. The smallest absolute Gasteiger partial charge is 0.164 e. The van der Waals surface area contributed by atoms with Gasteiger partial charge in [-0.25, -0.2) is 0 Å². The van der Waals surface area contributed by atoms with Gasteiger partial charge in [0.05, 0.1) is 0 Å². The third kappa shape index (κ3) is 1.61. The lowest BCUT2D eigenvalue weighted by atomic mass is 9.97. The third-order valence-corrected chi connectivity index (χ3v) is 3.86. The summed E-state index contributed by atoms with van der Waals surface area (Å²) in [6, 6.07) is 4.12. The number of Topliss-reactive ketones (excluding diaryl/α,β-unsaturated/α-hetero) is 1. The third-order valence-electron chi connectivity index (χ3n) is 3.13. The van der Waals surface area contributed by atoms with Crippen LogP contribution in [0.2, 0.25) is 0 Å². The molecule has 0 bridgehead atoms. The largest absolute Gasteiger partial charge is 0.346 e. The maximum Gasteiger partial charge on any atom is 0.164 e. The normalized spacial score (nSPS) is 15.1. The molecule has 0 amide bonds. The van der Waals surface area contributed by atoms with Gasteiger partial charge in [0.1, 0.15) is 0 Å². The summed E-state index contributed by atoms with van der Waals surface area (Å²) in [4.78, 5) is 11.7. The van der Waals surface area contributed by atoms with Crippen LogP contribution < -0.4 is 0 Å². The number of thiophene rings is 1. The van der Waals surface area contributed by atoms with Crippen LogP contribution in [0.4, 0.5) is 0 Å². The molecule has 0 N–H and O–H groups in total. The van der Waals surface area contributed by atoms with E-state index in [0.29, 0.717) is 5.78 Å². The standard InChI is InChI=1S/C13H13NOS/c15-13-3-1-2-12-11(13)4-6-14(12)8-10-5-7-16-9-10/h4-7,9H,1-3,8H2. The molecule has 0 radical (unpaired) electrons. The van der Waals surface area contributed by atoms with Crippen molar-refractivity contribution in [1.29, 1.82) is 0 Å². The molecule has 0 unspecified atom stereocenters. The highest BCUT2D eigenvalue weighted by Crippen LogP contribution is 2.23. The van der Waals surface area contributed by atoms with Gasteiger partial charge < -0.3 is 4.57 Å². The van der Waals surface area contributed by atoms with E-state index in [-0.39, 0.29) is 0 Å². The second-order valence-corrected chi connectivity index (χ2v) is 4.99. The number of aromatic nitrogens is 1. The fourth-order valence-electron chi connectivity index (χ4n) is 2.32. The van der Waals surface area contributed by atoms with Crippen LogP contribution in [0.5, 0.6) is 0 Å². The summed E-state index contributed by atoms with van der Waals surface area (Å²) in [6.07, 6.45) is 4.80. The predicted molar refractivity (Wildman–Crippen MR) is 65.1 cm³/mol. The lowest BCUT2D eigenvalue weighted by Gasteiger charge is -2.14. The Bertz CT molecular complexity index is 510. The van der Waals surface area contributed by atoms with Crippen LogP contribution in [0.1, 0.15) is 34.5 Å². The van der Waals surface area contributed by atoms with Gasteiger partial charge in [0.25, 0.3) is 0 Å². The molecule has 2 heterocycles. The molecule has 2 nitrogen and oxygen atoms in total. The van der Waals surface area contributed by atoms with Gasteiger partial charge in [-0.05, 0) is 41.3 Å². The molecule has 0 spiro atoms. The quantitative estimate of drug-likeness (QED) is 0.778. The number of carbonyl (C=O) groups is 1. The summed E-state index contributed by atoms with van der Waals surface area (Å²) in [6.45, 7) is 0.895. The van der Waals surface area contributed by atoms with E-state index in [1.807, 2.05) is 12.3 Å². The van der Waals surface area contributed by atoms with Crippen LogP contribution in [0, 0.1) is 0 Å². The first-order chi connectivity index (χ1) is 7.84. The van der Waals surface area contributed by atoms with Gasteiger partial charge in [-0.2, -0.15) is 11.3 Å². The van der Waals surface area contributed by atoms with Crippen molar-refractivity contribution in [2.24, 2.45) is 0 Å². The van der Waals surface area contributed by atoms with Crippen molar-refractivity contribution in [1.82, 2.24) is 4.57 Å². The van der Waals surface area contributed by atoms with E-state index in [1.165, 1.54) is 11.3 Å². The van der Waals surface area contributed by atoms with Crippen LogP contribution in [0.15, 0.2) is 29.1 Å². The highest BCUT2D eigenvalue weighted by molar-refractivity contribution is 7.07. The molecule has 16 heavy (non-hydrogen) atoms. The summed E-state index contributed by atoms with van der Waals surface area (Å²) in [5.74, 6) is 0.310. The lowest BCUT2D eigenvalue weighted by Crippen LogP contribution is -2.13.